The Hall–Kier alpha value is -1.40. The number of benzene rings is 1. The highest BCUT2D eigenvalue weighted by Gasteiger charge is 2.35. The number of hydrogen-bond acceptors (Lipinski definition) is 2. The maximum absolute atomic E-state index is 10.7. The number of nitrogens with zero attached hydrogens (tertiary/aromatic N) is 1. The molecule has 0 unspecified atom stereocenters. The van der Waals surface area contributed by atoms with Crippen LogP contribution in [-0.2, 0) is 23.2 Å². The monoisotopic (exact) mass is 243 g/mol. The molecular formula is C16H21NO. The van der Waals surface area contributed by atoms with Gasteiger partial charge < -0.3 is 0 Å². The summed E-state index contributed by atoms with van der Waals surface area (Å²) in [7, 11) is 0. The van der Waals surface area contributed by atoms with Gasteiger partial charge in [0.05, 0.1) is 5.54 Å². The van der Waals surface area contributed by atoms with E-state index in [-0.39, 0.29) is 5.54 Å². The van der Waals surface area contributed by atoms with Crippen LogP contribution in [0.25, 0.3) is 0 Å². The molecule has 1 aliphatic rings. The Kier molecular flexibility index (Phi) is 3.98. The van der Waals surface area contributed by atoms with Crippen molar-refractivity contribution in [2.45, 2.75) is 57.9 Å². The fourth-order valence-corrected chi connectivity index (χ4v) is 3.10. The van der Waals surface area contributed by atoms with Gasteiger partial charge in [-0.15, -0.1) is 0 Å². The molecule has 2 heteroatoms. The first-order valence-corrected chi connectivity index (χ1v) is 6.97. The van der Waals surface area contributed by atoms with E-state index in [1.807, 2.05) is 0 Å². The van der Waals surface area contributed by atoms with Gasteiger partial charge in [-0.2, -0.15) is 4.99 Å². The number of rotatable bonds is 4. The van der Waals surface area contributed by atoms with Crippen molar-refractivity contribution in [2.24, 2.45) is 4.99 Å². The van der Waals surface area contributed by atoms with Gasteiger partial charge in [0.1, 0.15) is 0 Å². The van der Waals surface area contributed by atoms with Crippen molar-refractivity contribution in [1.29, 1.82) is 0 Å². The van der Waals surface area contributed by atoms with E-state index in [0.29, 0.717) is 0 Å². The van der Waals surface area contributed by atoms with Gasteiger partial charge in [0.15, 0.2) is 0 Å². The topological polar surface area (TPSA) is 29.4 Å². The number of hydrogen-bond donors (Lipinski definition) is 0. The van der Waals surface area contributed by atoms with E-state index in [2.05, 4.69) is 37.0 Å². The molecule has 1 aromatic rings. The molecule has 1 saturated carbocycles. The maximum atomic E-state index is 10.7. The lowest BCUT2D eigenvalue weighted by atomic mass is 9.86. The quantitative estimate of drug-likeness (QED) is 0.582. The summed E-state index contributed by atoms with van der Waals surface area (Å²) >= 11 is 0. The lowest BCUT2D eigenvalue weighted by Gasteiger charge is -2.24. The zero-order valence-electron chi connectivity index (χ0n) is 11.3. The van der Waals surface area contributed by atoms with E-state index in [9.17, 15) is 4.79 Å². The van der Waals surface area contributed by atoms with Crippen LogP contribution in [-0.4, -0.2) is 6.08 Å². The summed E-state index contributed by atoms with van der Waals surface area (Å²) in [6.07, 6.45) is 8.17. The first-order chi connectivity index (χ1) is 8.75. The first-order valence-electron chi connectivity index (χ1n) is 6.97. The molecule has 0 spiro atoms. The molecule has 1 fully saturated rings. The Morgan fingerprint density at radius 1 is 1.17 bits per heavy atom. The third-order valence-electron chi connectivity index (χ3n) is 4.20. The standard InChI is InChI=1S/C16H21NO/c1-3-13-7-8-15(11-14(13)4-2)16(17-12-18)9-5-6-10-16/h7-8,11H,3-6,9-10H2,1-2H3. The highest BCUT2D eigenvalue weighted by atomic mass is 16.1. The van der Waals surface area contributed by atoms with Crippen LogP contribution < -0.4 is 0 Å². The predicted molar refractivity (Wildman–Crippen MR) is 73.5 cm³/mol. The number of carbonyl (C=O) groups excluding carboxylic acids is 1. The summed E-state index contributed by atoms with van der Waals surface area (Å²) in [6.45, 7) is 4.37. The summed E-state index contributed by atoms with van der Waals surface area (Å²) in [5, 5.41) is 0. The van der Waals surface area contributed by atoms with Gasteiger partial charge >= 0.3 is 0 Å². The lowest BCUT2D eigenvalue weighted by molar-refractivity contribution is 0.455. The van der Waals surface area contributed by atoms with Gasteiger partial charge in [-0.1, -0.05) is 44.9 Å². The van der Waals surface area contributed by atoms with Crippen LogP contribution in [0.3, 0.4) is 0 Å². The van der Waals surface area contributed by atoms with Crippen molar-refractivity contribution < 1.29 is 4.79 Å². The normalized spacial score (nSPS) is 17.4. The molecule has 0 aromatic heterocycles. The van der Waals surface area contributed by atoms with Crippen LogP contribution in [0.15, 0.2) is 23.2 Å². The zero-order chi connectivity index (χ0) is 13.0. The van der Waals surface area contributed by atoms with Crippen LogP contribution >= 0.6 is 0 Å². The Morgan fingerprint density at radius 2 is 1.83 bits per heavy atom. The Labute approximate surface area is 109 Å². The molecule has 0 amide bonds. The van der Waals surface area contributed by atoms with Gasteiger partial charge in [-0.05, 0) is 42.4 Å². The molecule has 0 bridgehead atoms. The van der Waals surface area contributed by atoms with Gasteiger partial charge in [-0.3, -0.25) is 0 Å². The molecule has 1 aromatic carbocycles. The van der Waals surface area contributed by atoms with E-state index < -0.39 is 0 Å². The summed E-state index contributed by atoms with van der Waals surface area (Å²) in [5.74, 6) is 0. The van der Waals surface area contributed by atoms with Gasteiger partial charge in [-0.25, -0.2) is 4.79 Å². The molecule has 2 rings (SSSR count). The van der Waals surface area contributed by atoms with Crippen LogP contribution in [0.4, 0.5) is 0 Å². The molecule has 0 radical (unpaired) electrons. The summed E-state index contributed by atoms with van der Waals surface area (Å²) < 4.78 is 0. The second kappa shape index (κ2) is 5.49. The molecule has 2 nitrogen and oxygen atoms in total. The van der Waals surface area contributed by atoms with Crippen LogP contribution in [0, 0.1) is 0 Å². The van der Waals surface area contributed by atoms with Crippen molar-refractivity contribution in [1.82, 2.24) is 0 Å². The minimum absolute atomic E-state index is 0.280. The molecule has 1 aliphatic carbocycles. The lowest BCUT2D eigenvalue weighted by Crippen LogP contribution is -2.19. The van der Waals surface area contributed by atoms with E-state index in [4.69, 9.17) is 0 Å². The summed E-state index contributed by atoms with van der Waals surface area (Å²) in [4.78, 5) is 14.9. The van der Waals surface area contributed by atoms with E-state index in [1.54, 1.807) is 6.08 Å². The molecule has 96 valence electrons. The van der Waals surface area contributed by atoms with Crippen molar-refractivity contribution in [3.63, 3.8) is 0 Å². The Bertz CT molecular complexity index is 466. The number of isocyanates is 1. The second-order valence-electron chi connectivity index (χ2n) is 5.13. The third kappa shape index (κ3) is 2.26. The van der Waals surface area contributed by atoms with Crippen molar-refractivity contribution in [2.75, 3.05) is 0 Å². The largest absolute Gasteiger partial charge is 0.235 e. The van der Waals surface area contributed by atoms with Crippen LogP contribution in [0.5, 0.6) is 0 Å². The van der Waals surface area contributed by atoms with Crippen LogP contribution in [0.2, 0.25) is 0 Å². The zero-order valence-corrected chi connectivity index (χ0v) is 11.3. The highest BCUT2D eigenvalue weighted by molar-refractivity contribution is 5.41. The van der Waals surface area contributed by atoms with Crippen molar-refractivity contribution in [3.8, 4) is 0 Å². The minimum Gasteiger partial charge on any atom is -0.211 e. The fraction of sp³-hybridized carbons (Fsp3) is 0.562. The van der Waals surface area contributed by atoms with E-state index >= 15 is 0 Å². The molecule has 0 N–H and O–H groups in total. The van der Waals surface area contributed by atoms with Gasteiger partial charge in [0.2, 0.25) is 6.08 Å². The number of aliphatic imine (C=N–C) groups is 1. The average Bonchev–Trinajstić information content (AvgIpc) is 2.88. The first kappa shape index (κ1) is 13.0. The molecule has 18 heavy (non-hydrogen) atoms. The van der Waals surface area contributed by atoms with Crippen molar-refractivity contribution >= 4 is 6.08 Å². The summed E-state index contributed by atoms with van der Waals surface area (Å²) in [6, 6.07) is 6.61. The molecule has 0 saturated heterocycles. The average molecular weight is 243 g/mol. The summed E-state index contributed by atoms with van der Waals surface area (Å²) in [5.41, 5.74) is 3.72. The maximum Gasteiger partial charge on any atom is 0.235 e. The molecule has 0 atom stereocenters. The fourth-order valence-electron chi connectivity index (χ4n) is 3.10. The van der Waals surface area contributed by atoms with Crippen molar-refractivity contribution in [3.05, 3.63) is 34.9 Å². The highest BCUT2D eigenvalue weighted by Crippen LogP contribution is 2.42. The number of aryl methyl sites for hydroxylation is 2. The molecular weight excluding hydrogens is 222 g/mol. The predicted octanol–water partition coefficient (Wildman–Crippen LogP) is 3.92. The van der Waals surface area contributed by atoms with E-state index in [0.717, 1.165) is 38.5 Å². The van der Waals surface area contributed by atoms with Gasteiger partial charge in [0.25, 0.3) is 0 Å². The Morgan fingerprint density at radius 3 is 2.39 bits per heavy atom. The molecule has 0 aliphatic heterocycles. The third-order valence-corrected chi connectivity index (χ3v) is 4.20. The van der Waals surface area contributed by atoms with E-state index in [1.165, 1.54) is 16.7 Å². The minimum atomic E-state index is -0.280. The smallest absolute Gasteiger partial charge is 0.211 e. The Balaban J connectivity index is 2.46. The van der Waals surface area contributed by atoms with Gasteiger partial charge in [0, 0.05) is 0 Å². The second-order valence-corrected chi connectivity index (χ2v) is 5.13. The molecule has 0 heterocycles. The SMILES string of the molecule is CCc1ccc(C2(N=C=O)CCCC2)cc1CC. The van der Waals surface area contributed by atoms with Crippen LogP contribution in [0.1, 0.15) is 56.2 Å².